The lowest BCUT2D eigenvalue weighted by Gasteiger charge is -2.32. The third-order valence-corrected chi connectivity index (χ3v) is 4.93. The highest BCUT2D eigenvalue weighted by Crippen LogP contribution is 2.26. The van der Waals surface area contributed by atoms with Crippen LogP contribution in [-0.2, 0) is 11.3 Å². The molecule has 0 spiro atoms. The molecule has 1 saturated carbocycles. The number of rotatable bonds is 4. The number of nitrogens with zero attached hydrogens (tertiary/aromatic N) is 2. The van der Waals surface area contributed by atoms with E-state index in [0.29, 0.717) is 6.54 Å². The van der Waals surface area contributed by atoms with Crippen molar-refractivity contribution in [1.82, 2.24) is 15.1 Å². The molecule has 1 heterocycles. The highest BCUT2D eigenvalue weighted by molar-refractivity contribution is 5.94. The van der Waals surface area contributed by atoms with E-state index in [-0.39, 0.29) is 17.7 Å². The Kier molecular flexibility index (Phi) is 4.96. The Bertz CT molecular complexity index is 558. The molecule has 1 N–H and O–H groups in total. The van der Waals surface area contributed by atoms with Crippen molar-refractivity contribution in [2.45, 2.75) is 25.8 Å². The molecule has 2 amide bonds. The minimum atomic E-state index is 0.100. The van der Waals surface area contributed by atoms with E-state index < -0.39 is 0 Å². The first-order valence-electron chi connectivity index (χ1n) is 8.48. The lowest BCUT2D eigenvalue weighted by atomic mass is 9.85. The van der Waals surface area contributed by atoms with E-state index in [0.717, 1.165) is 50.1 Å². The van der Waals surface area contributed by atoms with Crippen LogP contribution in [0.4, 0.5) is 0 Å². The van der Waals surface area contributed by atoms with E-state index in [1.165, 1.54) is 6.42 Å². The van der Waals surface area contributed by atoms with Crippen LogP contribution in [0.1, 0.15) is 35.2 Å². The Labute approximate surface area is 137 Å². The van der Waals surface area contributed by atoms with Gasteiger partial charge in [0.2, 0.25) is 5.91 Å². The van der Waals surface area contributed by atoms with Crippen molar-refractivity contribution < 1.29 is 9.59 Å². The van der Waals surface area contributed by atoms with Crippen molar-refractivity contribution >= 4 is 11.8 Å². The van der Waals surface area contributed by atoms with Gasteiger partial charge in [0.1, 0.15) is 0 Å². The summed E-state index contributed by atoms with van der Waals surface area (Å²) in [7, 11) is 2.08. The molecule has 1 aromatic rings. The summed E-state index contributed by atoms with van der Waals surface area (Å²) in [5.74, 6) is 0.477. The maximum atomic E-state index is 12.5. The molecular weight excluding hydrogens is 290 g/mol. The Balaban J connectivity index is 1.52. The average Bonchev–Trinajstić information content (AvgIpc) is 2.52. The Morgan fingerprint density at radius 1 is 1.09 bits per heavy atom. The van der Waals surface area contributed by atoms with Crippen LogP contribution in [0.25, 0.3) is 0 Å². The molecule has 1 saturated heterocycles. The minimum absolute atomic E-state index is 0.100. The van der Waals surface area contributed by atoms with E-state index in [9.17, 15) is 9.59 Å². The molecular formula is C18H25N3O2. The highest BCUT2D eigenvalue weighted by Gasteiger charge is 2.24. The van der Waals surface area contributed by atoms with Crippen molar-refractivity contribution in [3.8, 4) is 0 Å². The molecule has 23 heavy (non-hydrogen) atoms. The van der Waals surface area contributed by atoms with Gasteiger partial charge >= 0.3 is 0 Å². The second kappa shape index (κ2) is 7.13. The molecule has 5 nitrogen and oxygen atoms in total. The van der Waals surface area contributed by atoms with Gasteiger partial charge in [-0.1, -0.05) is 18.6 Å². The van der Waals surface area contributed by atoms with Crippen LogP contribution in [0.2, 0.25) is 0 Å². The Morgan fingerprint density at radius 3 is 2.30 bits per heavy atom. The lowest BCUT2D eigenvalue weighted by molar-refractivity contribution is -0.127. The van der Waals surface area contributed by atoms with Gasteiger partial charge in [-0.3, -0.25) is 9.59 Å². The van der Waals surface area contributed by atoms with Gasteiger partial charge in [-0.05, 0) is 37.6 Å². The summed E-state index contributed by atoms with van der Waals surface area (Å²) >= 11 is 0. The average molecular weight is 315 g/mol. The molecule has 124 valence electrons. The van der Waals surface area contributed by atoms with Crippen molar-refractivity contribution in [3.63, 3.8) is 0 Å². The van der Waals surface area contributed by atoms with Gasteiger partial charge in [0.05, 0.1) is 0 Å². The molecule has 2 fully saturated rings. The number of likely N-dealkylation sites (N-methyl/N-ethyl adjacent to an activating group) is 1. The molecule has 5 heteroatoms. The molecule has 2 aliphatic rings. The normalized spacial score (nSPS) is 19.3. The van der Waals surface area contributed by atoms with Gasteiger partial charge in [-0.25, -0.2) is 0 Å². The standard InChI is InChI=1S/C18H25N3O2/c1-20-9-11-21(12-10-20)18(23)16-7-5-14(6-8-16)13-19-17(22)15-3-2-4-15/h5-8,15H,2-4,9-13H2,1H3,(H,19,22). The number of carbonyl (C=O) groups excluding carboxylic acids is 2. The molecule has 0 atom stereocenters. The zero-order valence-electron chi connectivity index (χ0n) is 13.8. The molecule has 0 aromatic heterocycles. The van der Waals surface area contributed by atoms with E-state index in [1.54, 1.807) is 0 Å². The summed E-state index contributed by atoms with van der Waals surface area (Å²) in [4.78, 5) is 28.4. The number of nitrogens with one attached hydrogen (secondary N) is 1. The van der Waals surface area contributed by atoms with Crippen LogP contribution in [0.3, 0.4) is 0 Å². The number of hydrogen-bond acceptors (Lipinski definition) is 3. The summed E-state index contributed by atoms with van der Waals surface area (Å²) in [5, 5.41) is 2.98. The van der Waals surface area contributed by atoms with Crippen LogP contribution < -0.4 is 5.32 Å². The largest absolute Gasteiger partial charge is 0.352 e. The van der Waals surface area contributed by atoms with Gasteiger partial charge < -0.3 is 15.1 Å². The molecule has 1 aliphatic carbocycles. The first kappa shape index (κ1) is 16.0. The van der Waals surface area contributed by atoms with E-state index in [2.05, 4.69) is 17.3 Å². The van der Waals surface area contributed by atoms with E-state index >= 15 is 0 Å². The monoisotopic (exact) mass is 315 g/mol. The Hall–Kier alpha value is -1.88. The van der Waals surface area contributed by atoms with Crippen molar-refractivity contribution in [2.24, 2.45) is 5.92 Å². The maximum absolute atomic E-state index is 12.5. The van der Waals surface area contributed by atoms with Crippen LogP contribution in [0.15, 0.2) is 24.3 Å². The first-order chi connectivity index (χ1) is 11.1. The summed E-state index contributed by atoms with van der Waals surface area (Å²) in [5.41, 5.74) is 1.76. The SMILES string of the molecule is CN1CCN(C(=O)c2ccc(CNC(=O)C3CCC3)cc2)CC1. The molecule has 1 aliphatic heterocycles. The van der Waals surface area contributed by atoms with Crippen LogP contribution in [-0.4, -0.2) is 54.8 Å². The first-order valence-corrected chi connectivity index (χ1v) is 8.48. The number of carbonyl (C=O) groups is 2. The summed E-state index contributed by atoms with van der Waals surface area (Å²) in [6.07, 6.45) is 3.20. The fourth-order valence-electron chi connectivity index (χ4n) is 2.96. The second-order valence-electron chi connectivity index (χ2n) is 6.64. The quantitative estimate of drug-likeness (QED) is 0.916. The molecule has 0 bridgehead atoms. The van der Waals surface area contributed by atoms with Crippen LogP contribution in [0.5, 0.6) is 0 Å². The van der Waals surface area contributed by atoms with Crippen LogP contribution >= 0.6 is 0 Å². The van der Waals surface area contributed by atoms with Gasteiger partial charge in [-0.2, -0.15) is 0 Å². The predicted octanol–water partition coefficient (Wildman–Crippen LogP) is 1.49. The fourth-order valence-corrected chi connectivity index (χ4v) is 2.96. The molecule has 3 rings (SSSR count). The van der Waals surface area contributed by atoms with Crippen LogP contribution in [0, 0.1) is 5.92 Å². The third kappa shape index (κ3) is 3.91. The number of amides is 2. The number of piperazine rings is 1. The van der Waals surface area contributed by atoms with Crippen molar-refractivity contribution in [1.29, 1.82) is 0 Å². The zero-order valence-corrected chi connectivity index (χ0v) is 13.8. The second-order valence-corrected chi connectivity index (χ2v) is 6.64. The van der Waals surface area contributed by atoms with E-state index in [4.69, 9.17) is 0 Å². The maximum Gasteiger partial charge on any atom is 0.253 e. The smallest absolute Gasteiger partial charge is 0.253 e. The zero-order chi connectivity index (χ0) is 16.2. The molecule has 1 aromatic carbocycles. The van der Waals surface area contributed by atoms with Gasteiger partial charge in [0.15, 0.2) is 0 Å². The van der Waals surface area contributed by atoms with Crippen molar-refractivity contribution in [3.05, 3.63) is 35.4 Å². The van der Waals surface area contributed by atoms with Gasteiger partial charge in [0.25, 0.3) is 5.91 Å². The lowest BCUT2D eigenvalue weighted by Crippen LogP contribution is -2.47. The fraction of sp³-hybridized carbons (Fsp3) is 0.556. The summed E-state index contributed by atoms with van der Waals surface area (Å²) in [6.45, 7) is 3.97. The summed E-state index contributed by atoms with van der Waals surface area (Å²) < 4.78 is 0. The number of benzene rings is 1. The molecule has 0 radical (unpaired) electrons. The Morgan fingerprint density at radius 2 is 1.74 bits per heavy atom. The van der Waals surface area contributed by atoms with Gasteiger partial charge in [0, 0.05) is 44.2 Å². The minimum Gasteiger partial charge on any atom is -0.352 e. The van der Waals surface area contributed by atoms with E-state index in [1.807, 2.05) is 29.2 Å². The number of hydrogen-bond donors (Lipinski definition) is 1. The molecule has 0 unspecified atom stereocenters. The van der Waals surface area contributed by atoms with Crippen molar-refractivity contribution in [2.75, 3.05) is 33.2 Å². The highest BCUT2D eigenvalue weighted by atomic mass is 16.2. The third-order valence-electron chi connectivity index (χ3n) is 4.93. The van der Waals surface area contributed by atoms with Gasteiger partial charge in [-0.15, -0.1) is 0 Å². The topological polar surface area (TPSA) is 52.6 Å². The predicted molar refractivity (Wildman–Crippen MR) is 89.0 cm³/mol. The summed E-state index contributed by atoms with van der Waals surface area (Å²) in [6, 6.07) is 7.60.